The van der Waals surface area contributed by atoms with Crippen LogP contribution in [0.25, 0.3) is 0 Å². The molecule has 142 valence electrons. The summed E-state index contributed by atoms with van der Waals surface area (Å²) in [7, 11) is 0. The van der Waals surface area contributed by atoms with Crippen LogP contribution in [0.1, 0.15) is 36.8 Å². The number of carbonyl (C=O) groups excluding carboxylic acids is 2. The molecule has 1 aromatic carbocycles. The van der Waals surface area contributed by atoms with Gasteiger partial charge >= 0.3 is 0 Å². The van der Waals surface area contributed by atoms with E-state index in [0.717, 1.165) is 11.1 Å². The van der Waals surface area contributed by atoms with Crippen LogP contribution in [0, 0.1) is 0 Å². The predicted molar refractivity (Wildman–Crippen MR) is 99.2 cm³/mol. The number of carbonyl (C=O) groups is 2. The van der Waals surface area contributed by atoms with E-state index in [4.69, 9.17) is 5.73 Å². The van der Waals surface area contributed by atoms with Gasteiger partial charge in [0.1, 0.15) is 17.5 Å². The fourth-order valence-corrected chi connectivity index (χ4v) is 5.28. The highest BCUT2D eigenvalue weighted by Gasteiger charge is 2.63. The van der Waals surface area contributed by atoms with Gasteiger partial charge in [-0.15, -0.1) is 22.0 Å². The average molecular weight is 387 g/mol. The monoisotopic (exact) mass is 387 g/mol. The van der Waals surface area contributed by atoms with E-state index in [9.17, 15) is 9.59 Å². The zero-order valence-electron chi connectivity index (χ0n) is 15.0. The first kappa shape index (κ1) is 17.9. The Morgan fingerprint density at radius 3 is 2.67 bits per heavy atom. The Labute approximate surface area is 160 Å². The number of fused-ring (bicyclic) bond motifs is 1. The molecule has 3 heterocycles. The maximum Gasteiger partial charge on any atom is 0.249 e. The van der Waals surface area contributed by atoms with Crippen molar-refractivity contribution in [3.05, 3.63) is 41.2 Å². The number of nitrogens with two attached hydrogens (primary N) is 1. The average Bonchev–Trinajstić information content (AvgIpc) is 3.24. The first-order valence-electron chi connectivity index (χ1n) is 8.71. The van der Waals surface area contributed by atoms with Crippen molar-refractivity contribution in [3.8, 4) is 0 Å². The molecule has 2 aliphatic heterocycles. The molecule has 2 aliphatic rings. The number of nitrogens with one attached hydrogen (secondary N) is 2. The summed E-state index contributed by atoms with van der Waals surface area (Å²) < 4.78 is -0.276. The van der Waals surface area contributed by atoms with Crippen LogP contribution in [-0.4, -0.2) is 53.5 Å². The number of aromatic amines is 1. The molecule has 3 atom stereocenters. The summed E-state index contributed by atoms with van der Waals surface area (Å²) >= 11 is 1.64. The van der Waals surface area contributed by atoms with Gasteiger partial charge < -0.3 is 16.0 Å². The number of aromatic nitrogens is 4. The van der Waals surface area contributed by atoms with Crippen LogP contribution < -0.4 is 11.1 Å². The van der Waals surface area contributed by atoms with Gasteiger partial charge in [-0.2, -0.15) is 5.21 Å². The van der Waals surface area contributed by atoms with Crippen molar-refractivity contribution in [2.24, 2.45) is 5.73 Å². The van der Waals surface area contributed by atoms with E-state index in [1.54, 1.807) is 16.7 Å². The molecule has 0 bridgehead atoms. The Bertz CT molecular complexity index is 853. The lowest BCUT2D eigenvalue weighted by molar-refractivity contribution is -0.151. The van der Waals surface area contributed by atoms with E-state index in [-0.39, 0.29) is 34.4 Å². The fourth-order valence-electron chi connectivity index (χ4n) is 3.65. The smallest absolute Gasteiger partial charge is 0.249 e. The Balaban J connectivity index is 1.43. The molecule has 0 aliphatic carbocycles. The minimum absolute atomic E-state index is 0.111. The maximum absolute atomic E-state index is 12.7. The first-order chi connectivity index (χ1) is 12.9. The quantitative estimate of drug-likeness (QED) is 0.621. The molecule has 2 amide bonds. The number of tetrazole rings is 1. The van der Waals surface area contributed by atoms with Crippen molar-refractivity contribution in [1.82, 2.24) is 30.8 Å². The number of hydrogen-bond donors (Lipinski definition) is 3. The minimum atomic E-state index is -0.526. The second kappa shape index (κ2) is 6.61. The molecule has 2 aromatic rings. The third-order valence-corrected chi connectivity index (χ3v) is 6.56. The Hall–Kier alpha value is -2.46. The number of amides is 2. The van der Waals surface area contributed by atoms with Crippen LogP contribution in [-0.2, 0) is 22.6 Å². The molecule has 1 aromatic heterocycles. The Morgan fingerprint density at radius 2 is 2.04 bits per heavy atom. The van der Waals surface area contributed by atoms with E-state index in [2.05, 4.69) is 25.9 Å². The van der Waals surface area contributed by atoms with Gasteiger partial charge in [-0.25, -0.2) is 0 Å². The van der Waals surface area contributed by atoms with Crippen LogP contribution in [0.3, 0.4) is 0 Å². The van der Waals surface area contributed by atoms with Gasteiger partial charge in [0.05, 0.1) is 6.42 Å². The van der Waals surface area contributed by atoms with E-state index in [1.165, 1.54) is 0 Å². The van der Waals surface area contributed by atoms with Crippen molar-refractivity contribution < 1.29 is 9.59 Å². The zero-order chi connectivity index (χ0) is 19.2. The van der Waals surface area contributed by atoms with Gasteiger partial charge in [-0.3, -0.25) is 9.59 Å². The van der Waals surface area contributed by atoms with Crippen LogP contribution in [0.2, 0.25) is 0 Å². The van der Waals surface area contributed by atoms with Crippen LogP contribution >= 0.6 is 11.8 Å². The lowest BCUT2D eigenvalue weighted by Crippen LogP contribution is -2.68. The standard InChI is InChI=1S/C17H21N7O2S/c1-17(2)13(14-20-22-23-21-14)24-15(26)12(16(24)27-17)19-11(25)7-9-3-5-10(8-18)6-4-9/h3-6,12-13,16H,7-8,18H2,1-2H3,(H,19,25)(H,20,21,22,23)/t12?,13?,16-/m1/s1. The number of benzene rings is 1. The molecule has 2 fully saturated rings. The molecule has 27 heavy (non-hydrogen) atoms. The van der Waals surface area contributed by atoms with Crippen molar-refractivity contribution in [3.63, 3.8) is 0 Å². The van der Waals surface area contributed by atoms with Gasteiger partial charge in [0.25, 0.3) is 0 Å². The van der Waals surface area contributed by atoms with Crippen molar-refractivity contribution in [1.29, 1.82) is 0 Å². The summed E-state index contributed by atoms with van der Waals surface area (Å²) in [6.45, 7) is 4.56. The maximum atomic E-state index is 12.7. The molecular formula is C17H21N7O2S. The van der Waals surface area contributed by atoms with Gasteiger partial charge in [-0.1, -0.05) is 29.5 Å². The highest BCUT2D eigenvalue weighted by Crippen LogP contribution is 2.56. The summed E-state index contributed by atoms with van der Waals surface area (Å²) in [5.41, 5.74) is 7.49. The molecule has 2 unspecified atom stereocenters. The first-order valence-corrected chi connectivity index (χ1v) is 9.59. The molecule has 0 spiro atoms. The normalized spacial score (nSPS) is 25.8. The molecule has 0 saturated carbocycles. The summed E-state index contributed by atoms with van der Waals surface area (Å²) in [5.74, 6) is 0.211. The third kappa shape index (κ3) is 3.08. The van der Waals surface area contributed by atoms with Gasteiger partial charge in [0, 0.05) is 11.3 Å². The molecule has 2 saturated heterocycles. The SMILES string of the molecule is CC1(C)S[C@@H]2C(NC(=O)Cc3ccc(CN)cc3)C(=O)N2C1c1nn[nH]n1. The van der Waals surface area contributed by atoms with Crippen molar-refractivity contribution >= 4 is 23.6 Å². The number of H-pyrrole nitrogens is 1. The van der Waals surface area contributed by atoms with E-state index >= 15 is 0 Å². The van der Waals surface area contributed by atoms with Crippen molar-refractivity contribution in [2.75, 3.05) is 0 Å². The second-order valence-electron chi connectivity index (χ2n) is 7.27. The number of hydrogen-bond acceptors (Lipinski definition) is 7. The molecular weight excluding hydrogens is 366 g/mol. The predicted octanol–water partition coefficient (Wildman–Crippen LogP) is 0.121. The highest BCUT2D eigenvalue weighted by molar-refractivity contribution is 8.01. The third-order valence-electron chi connectivity index (χ3n) is 4.99. The summed E-state index contributed by atoms with van der Waals surface area (Å²) in [4.78, 5) is 26.9. The summed E-state index contributed by atoms with van der Waals surface area (Å²) in [5, 5.41) is 16.9. The Kier molecular flexibility index (Phi) is 4.39. The summed E-state index contributed by atoms with van der Waals surface area (Å²) in [6, 6.07) is 6.79. The van der Waals surface area contributed by atoms with Gasteiger partial charge in [0.2, 0.25) is 11.8 Å². The molecule has 4 N–H and O–H groups in total. The zero-order valence-corrected chi connectivity index (χ0v) is 15.9. The minimum Gasteiger partial charge on any atom is -0.341 e. The largest absolute Gasteiger partial charge is 0.341 e. The van der Waals surface area contributed by atoms with E-state index in [0.29, 0.717) is 12.4 Å². The fraction of sp³-hybridized carbons (Fsp3) is 0.471. The lowest BCUT2D eigenvalue weighted by Gasteiger charge is -2.44. The number of rotatable bonds is 5. The summed E-state index contributed by atoms with van der Waals surface area (Å²) in [6.07, 6.45) is 0.226. The molecule has 4 rings (SSSR count). The number of nitrogens with zero attached hydrogens (tertiary/aromatic N) is 4. The van der Waals surface area contributed by atoms with Crippen LogP contribution in [0.15, 0.2) is 24.3 Å². The Morgan fingerprint density at radius 1 is 1.33 bits per heavy atom. The van der Waals surface area contributed by atoms with E-state index < -0.39 is 6.04 Å². The van der Waals surface area contributed by atoms with E-state index in [1.807, 2.05) is 38.1 Å². The van der Waals surface area contributed by atoms with Crippen LogP contribution in [0.5, 0.6) is 0 Å². The molecule has 9 nitrogen and oxygen atoms in total. The van der Waals surface area contributed by atoms with Crippen LogP contribution in [0.4, 0.5) is 0 Å². The van der Waals surface area contributed by atoms with Crippen molar-refractivity contribution in [2.45, 2.75) is 49.0 Å². The molecule has 10 heteroatoms. The molecule has 0 radical (unpaired) electrons. The topological polar surface area (TPSA) is 130 Å². The van der Waals surface area contributed by atoms with Gasteiger partial charge in [-0.05, 0) is 25.0 Å². The number of β-lactam (4-membered cyclic amide) rings is 1. The highest BCUT2D eigenvalue weighted by atomic mass is 32.2. The number of thioether (sulfide) groups is 1. The lowest BCUT2D eigenvalue weighted by atomic mass is 9.95. The second-order valence-corrected chi connectivity index (χ2v) is 9.04. The van der Waals surface area contributed by atoms with Gasteiger partial charge in [0.15, 0.2) is 5.82 Å².